The van der Waals surface area contributed by atoms with Crippen LogP contribution in [0.3, 0.4) is 0 Å². The Kier molecular flexibility index (Phi) is 3.02. The van der Waals surface area contributed by atoms with Gasteiger partial charge in [0.15, 0.2) is 0 Å². The summed E-state index contributed by atoms with van der Waals surface area (Å²) >= 11 is 0. The molecule has 0 saturated carbocycles. The summed E-state index contributed by atoms with van der Waals surface area (Å²) in [5.41, 5.74) is 0.869. The monoisotopic (exact) mass is 171 g/mol. The van der Waals surface area contributed by atoms with Gasteiger partial charge in [0.25, 0.3) is 0 Å². The number of ether oxygens (including phenoxy) is 1. The van der Waals surface area contributed by atoms with E-state index in [2.05, 4.69) is 4.74 Å². The molecule has 1 aromatic rings. The fourth-order valence-corrected chi connectivity index (χ4v) is 0.870. The van der Waals surface area contributed by atoms with E-state index < -0.39 is 6.61 Å². The summed E-state index contributed by atoms with van der Waals surface area (Å²) in [4.78, 5) is 0. The molecule has 0 fully saturated rings. The molecule has 1 nitrogen and oxygen atoms in total. The van der Waals surface area contributed by atoms with E-state index in [9.17, 15) is 8.78 Å². The first-order valence-electron chi connectivity index (χ1n) is 3.56. The minimum atomic E-state index is -2.75. The summed E-state index contributed by atoms with van der Waals surface area (Å²) in [5.74, 6) is 0.195. The number of halogens is 2. The minimum absolute atomic E-state index is 0.195. The first-order valence-corrected chi connectivity index (χ1v) is 3.56. The molecule has 1 rings (SSSR count). The smallest absolute Gasteiger partial charge is 0.387 e. The molecule has 0 unspecified atom stereocenters. The van der Waals surface area contributed by atoms with Crippen LogP contribution in [0.15, 0.2) is 24.3 Å². The van der Waals surface area contributed by atoms with Crippen LogP contribution in [0.4, 0.5) is 8.78 Å². The van der Waals surface area contributed by atoms with Crippen LogP contribution in [-0.4, -0.2) is 6.61 Å². The van der Waals surface area contributed by atoms with E-state index in [0.29, 0.717) is 0 Å². The molecule has 12 heavy (non-hydrogen) atoms. The van der Waals surface area contributed by atoms with Gasteiger partial charge in [0, 0.05) is 0 Å². The first-order chi connectivity index (χ1) is 5.72. The topological polar surface area (TPSA) is 9.23 Å². The molecule has 0 aliphatic carbocycles. The zero-order chi connectivity index (χ0) is 8.97. The lowest BCUT2D eigenvalue weighted by Gasteiger charge is -2.04. The summed E-state index contributed by atoms with van der Waals surface area (Å²) in [6, 6.07) is 6.55. The van der Waals surface area contributed by atoms with Crippen molar-refractivity contribution in [2.24, 2.45) is 0 Å². The lowest BCUT2D eigenvalue weighted by atomic mass is 10.2. The van der Waals surface area contributed by atoms with E-state index in [-0.39, 0.29) is 5.75 Å². The highest BCUT2D eigenvalue weighted by Crippen LogP contribution is 2.16. The largest absolute Gasteiger partial charge is 0.435 e. The van der Waals surface area contributed by atoms with Crippen molar-refractivity contribution < 1.29 is 13.5 Å². The van der Waals surface area contributed by atoms with Gasteiger partial charge in [0.1, 0.15) is 5.75 Å². The number of alkyl halides is 2. The van der Waals surface area contributed by atoms with Gasteiger partial charge < -0.3 is 4.74 Å². The Labute approximate surface area is 70.0 Å². The molecule has 0 amide bonds. The van der Waals surface area contributed by atoms with Gasteiger partial charge in [-0.05, 0) is 24.1 Å². The maximum Gasteiger partial charge on any atom is 0.387 e. The molecule has 3 heteroatoms. The van der Waals surface area contributed by atoms with Crippen LogP contribution in [-0.2, 0) is 0 Å². The third-order valence-electron chi connectivity index (χ3n) is 1.42. The zero-order valence-corrected chi connectivity index (χ0v) is 6.63. The number of hydrogen-bond acceptors (Lipinski definition) is 1. The van der Waals surface area contributed by atoms with Crippen LogP contribution in [0.5, 0.6) is 5.75 Å². The van der Waals surface area contributed by atoms with Gasteiger partial charge >= 0.3 is 6.61 Å². The fourth-order valence-electron chi connectivity index (χ4n) is 0.870. The first kappa shape index (κ1) is 8.97. The molecule has 0 saturated heterocycles. The summed E-state index contributed by atoms with van der Waals surface area (Å²) in [5, 5.41) is 0. The molecule has 0 bridgehead atoms. The molecule has 0 aliphatic heterocycles. The highest BCUT2D eigenvalue weighted by atomic mass is 19.3. The molecule has 0 N–H and O–H groups in total. The SMILES string of the molecule is C[CH]c1cccc(OC(F)F)c1. The molecule has 1 aromatic carbocycles. The average molecular weight is 171 g/mol. The second-order valence-corrected chi connectivity index (χ2v) is 2.24. The van der Waals surface area contributed by atoms with Gasteiger partial charge in [-0.2, -0.15) is 8.78 Å². The quantitative estimate of drug-likeness (QED) is 0.679. The summed E-state index contributed by atoms with van der Waals surface area (Å²) in [6.07, 6.45) is 1.82. The van der Waals surface area contributed by atoms with Gasteiger partial charge in [-0.3, -0.25) is 0 Å². The molecule has 1 radical (unpaired) electrons. The van der Waals surface area contributed by atoms with Gasteiger partial charge in [-0.1, -0.05) is 19.1 Å². The van der Waals surface area contributed by atoms with Crippen LogP contribution in [0.1, 0.15) is 12.5 Å². The molecule has 0 spiro atoms. The summed E-state index contributed by atoms with van der Waals surface area (Å²) < 4.78 is 27.7. The summed E-state index contributed by atoms with van der Waals surface area (Å²) in [7, 11) is 0. The van der Waals surface area contributed by atoms with E-state index in [1.54, 1.807) is 12.1 Å². The van der Waals surface area contributed by atoms with Crippen LogP contribution in [0.25, 0.3) is 0 Å². The van der Waals surface area contributed by atoms with Crippen molar-refractivity contribution in [2.75, 3.05) is 0 Å². The van der Waals surface area contributed by atoms with Gasteiger partial charge in [-0.15, -0.1) is 0 Å². The van der Waals surface area contributed by atoms with Gasteiger partial charge in [-0.25, -0.2) is 0 Å². The molecule has 0 heterocycles. The van der Waals surface area contributed by atoms with Gasteiger partial charge in [0.05, 0.1) is 0 Å². The number of hydrogen-bond donors (Lipinski definition) is 0. The Hall–Kier alpha value is -1.12. The fraction of sp³-hybridized carbons (Fsp3) is 0.222. The lowest BCUT2D eigenvalue weighted by molar-refractivity contribution is -0.0498. The van der Waals surface area contributed by atoms with E-state index in [4.69, 9.17) is 0 Å². The predicted molar refractivity (Wildman–Crippen MR) is 42.2 cm³/mol. The van der Waals surface area contributed by atoms with E-state index >= 15 is 0 Å². The Bertz CT molecular complexity index is 248. The van der Waals surface area contributed by atoms with Crippen LogP contribution < -0.4 is 4.74 Å². The predicted octanol–water partition coefficient (Wildman–Crippen LogP) is 2.86. The molecule has 0 aromatic heterocycles. The summed E-state index contributed by atoms with van der Waals surface area (Å²) in [6.45, 7) is -0.918. The molecule has 0 aliphatic rings. The van der Waals surface area contributed by atoms with Crippen molar-refractivity contribution in [3.63, 3.8) is 0 Å². The Morgan fingerprint density at radius 2 is 2.17 bits per heavy atom. The van der Waals surface area contributed by atoms with Crippen molar-refractivity contribution in [3.8, 4) is 5.75 Å². The molecular formula is C9H9F2O. The minimum Gasteiger partial charge on any atom is -0.435 e. The second kappa shape index (κ2) is 4.04. The van der Waals surface area contributed by atoms with Crippen molar-refractivity contribution in [2.45, 2.75) is 13.5 Å². The van der Waals surface area contributed by atoms with Gasteiger partial charge in [0.2, 0.25) is 0 Å². The number of rotatable bonds is 3. The third-order valence-corrected chi connectivity index (χ3v) is 1.42. The highest BCUT2D eigenvalue weighted by molar-refractivity contribution is 5.32. The van der Waals surface area contributed by atoms with Crippen LogP contribution in [0, 0.1) is 6.42 Å². The van der Waals surface area contributed by atoms with E-state index in [1.165, 1.54) is 6.07 Å². The standard InChI is InChI=1S/C9H9F2O/c1-2-7-4-3-5-8(6-7)12-9(10)11/h2-6,9H,1H3. The average Bonchev–Trinajstić information content (AvgIpc) is 2.03. The van der Waals surface area contributed by atoms with Crippen molar-refractivity contribution in [1.82, 2.24) is 0 Å². The maximum atomic E-state index is 11.7. The van der Waals surface area contributed by atoms with E-state index in [1.807, 2.05) is 19.4 Å². The van der Waals surface area contributed by atoms with Crippen molar-refractivity contribution in [1.29, 1.82) is 0 Å². The van der Waals surface area contributed by atoms with Crippen LogP contribution >= 0.6 is 0 Å². The highest BCUT2D eigenvalue weighted by Gasteiger charge is 2.03. The lowest BCUT2D eigenvalue weighted by Crippen LogP contribution is -2.01. The molecule has 0 atom stereocenters. The third kappa shape index (κ3) is 2.49. The second-order valence-electron chi connectivity index (χ2n) is 2.24. The number of benzene rings is 1. The van der Waals surface area contributed by atoms with Crippen LogP contribution in [0.2, 0.25) is 0 Å². The zero-order valence-electron chi connectivity index (χ0n) is 6.63. The normalized spacial score (nSPS) is 10.3. The Morgan fingerprint density at radius 1 is 1.42 bits per heavy atom. The van der Waals surface area contributed by atoms with Crippen molar-refractivity contribution >= 4 is 0 Å². The maximum absolute atomic E-state index is 11.7. The Morgan fingerprint density at radius 3 is 2.75 bits per heavy atom. The van der Waals surface area contributed by atoms with E-state index in [0.717, 1.165) is 5.56 Å². The molecule has 65 valence electrons. The Balaban J connectivity index is 2.72. The molecular weight excluding hydrogens is 162 g/mol. The van der Waals surface area contributed by atoms with Crippen molar-refractivity contribution in [3.05, 3.63) is 36.2 Å².